The van der Waals surface area contributed by atoms with Crippen molar-refractivity contribution in [3.63, 3.8) is 0 Å². The number of carbonyl (C=O) groups is 1. The van der Waals surface area contributed by atoms with Crippen molar-refractivity contribution >= 4 is 23.5 Å². The zero-order valence-corrected chi connectivity index (χ0v) is 16.8. The Labute approximate surface area is 166 Å². The Morgan fingerprint density at radius 3 is 2.78 bits per heavy atom. The fraction of sp³-hybridized carbons (Fsp3) is 0.476. The number of nitrogens with one attached hydrogen (secondary N) is 1. The maximum Gasteiger partial charge on any atom is 0.230 e. The highest BCUT2D eigenvalue weighted by Crippen LogP contribution is 2.24. The molecule has 1 amide bonds. The van der Waals surface area contributed by atoms with Crippen molar-refractivity contribution in [1.29, 1.82) is 0 Å². The molecule has 6 heteroatoms. The number of aryl methyl sites for hydroxylation is 1. The Balaban J connectivity index is 1.38. The molecule has 0 atom stereocenters. The Hall–Kier alpha value is -2.08. The number of carbonyl (C=O) groups excluding carboxylic acids is 1. The summed E-state index contributed by atoms with van der Waals surface area (Å²) in [7, 11) is 0. The second-order valence-corrected chi connectivity index (χ2v) is 8.11. The first-order chi connectivity index (χ1) is 13.2. The van der Waals surface area contributed by atoms with E-state index in [9.17, 15) is 4.79 Å². The van der Waals surface area contributed by atoms with E-state index in [1.54, 1.807) is 6.33 Å². The van der Waals surface area contributed by atoms with E-state index >= 15 is 0 Å². The molecule has 0 aliphatic carbocycles. The van der Waals surface area contributed by atoms with Gasteiger partial charge in [-0.2, -0.15) is 0 Å². The highest BCUT2D eigenvalue weighted by molar-refractivity contribution is 7.99. The SMILES string of the molecule is CC1CCN(c2cc(SCC(=O)NCCCc3ccccc3)ncn2)CC1. The second-order valence-electron chi connectivity index (χ2n) is 7.11. The van der Waals surface area contributed by atoms with Gasteiger partial charge in [0.05, 0.1) is 5.75 Å². The van der Waals surface area contributed by atoms with Crippen molar-refractivity contribution in [1.82, 2.24) is 15.3 Å². The Kier molecular flexibility index (Phi) is 7.51. The van der Waals surface area contributed by atoms with Gasteiger partial charge in [0.25, 0.3) is 0 Å². The summed E-state index contributed by atoms with van der Waals surface area (Å²) in [5.41, 5.74) is 1.31. The minimum atomic E-state index is 0.0556. The second kappa shape index (κ2) is 10.3. The molecule has 1 aromatic heterocycles. The van der Waals surface area contributed by atoms with E-state index in [-0.39, 0.29) is 5.91 Å². The van der Waals surface area contributed by atoms with Gasteiger partial charge >= 0.3 is 0 Å². The highest BCUT2D eigenvalue weighted by Gasteiger charge is 2.17. The van der Waals surface area contributed by atoms with Crippen molar-refractivity contribution in [2.24, 2.45) is 5.92 Å². The molecule has 144 valence electrons. The third kappa shape index (κ3) is 6.54. The maximum atomic E-state index is 12.1. The monoisotopic (exact) mass is 384 g/mol. The van der Waals surface area contributed by atoms with Crippen LogP contribution in [0, 0.1) is 5.92 Å². The van der Waals surface area contributed by atoms with Crippen LogP contribution in [0.15, 0.2) is 47.8 Å². The number of thioether (sulfide) groups is 1. The van der Waals surface area contributed by atoms with Crippen LogP contribution in [0.2, 0.25) is 0 Å². The van der Waals surface area contributed by atoms with Gasteiger partial charge in [-0.3, -0.25) is 4.79 Å². The lowest BCUT2D eigenvalue weighted by molar-refractivity contribution is -0.118. The molecule has 0 radical (unpaired) electrons. The van der Waals surface area contributed by atoms with E-state index in [0.717, 1.165) is 42.7 Å². The number of piperidine rings is 1. The molecule has 2 heterocycles. The topological polar surface area (TPSA) is 58.1 Å². The molecule has 1 N–H and O–H groups in total. The standard InChI is InChI=1S/C21H28N4OS/c1-17-9-12-25(13-10-17)19-14-21(24-16-23-19)27-15-20(26)22-11-5-8-18-6-3-2-4-7-18/h2-4,6-7,14,16-17H,5,8-13,15H2,1H3,(H,22,26). The normalized spacial score (nSPS) is 14.9. The van der Waals surface area contributed by atoms with Gasteiger partial charge in [-0.15, -0.1) is 0 Å². The lowest BCUT2D eigenvalue weighted by atomic mass is 9.99. The average Bonchev–Trinajstić information content (AvgIpc) is 2.71. The summed E-state index contributed by atoms with van der Waals surface area (Å²) in [5.74, 6) is 2.21. The number of amides is 1. The molecule has 1 aliphatic heterocycles. The predicted molar refractivity (Wildman–Crippen MR) is 111 cm³/mol. The predicted octanol–water partition coefficient (Wildman–Crippen LogP) is 3.55. The molecule has 5 nitrogen and oxygen atoms in total. The Morgan fingerprint density at radius 1 is 1.22 bits per heavy atom. The van der Waals surface area contributed by atoms with Gasteiger partial charge in [0.15, 0.2) is 0 Å². The van der Waals surface area contributed by atoms with Crippen LogP contribution in [0.5, 0.6) is 0 Å². The summed E-state index contributed by atoms with van der Waals surface area (Å²) in [5, 5.41) is 3.85. The molecule has 0 bridgehead atoms. The number of hydrogen-bond acceptors (Lipinski definition) is 5. The van der Waals surface area contributed by atoms with E-state index in [1.807, 2.05) is 24.3 Å². The maximum absolute atomic E-state index is 12.1. The largest absolute Gasteiger partial charge is 0.356 e. The van der Waals surface area contributed by atoms with E-state index in [2.05, 4.69) is 39.2 Å². The molecule has 0 saturated carbocycles. The summed E-state index contributed by atoms with van der Waals surface area (Å²) >= 11 is 1.47. The van der Waals surface area contributed by atoms with Crippen LogP contribution in [0.4, 0.5) is 5.82 Å². The smallest absolute Gasteiger partial charge is 0.230 e. The van der Waals surface area contributed by atoms with Crippen molar-refractivity contribution in [3.05, 3.63) is 48.3 Å². The summed E-state index contributed by atoms with van der Waals surface area (Å²) < 4.78 is 0. The lowest BCUT2D eigenvalue weighted by Gasteiger charge is -2.31. The van der Waals surface area contributed by atoms with E-state index in [1.165, 1.54) is 30.2 Å². The van der Waals surface area contributed by atoms with Crippen molar-refractivity contribution in [2.75, 3.05) is 30.3 Å². The molecular formula is C21H28N4OS. The third-order valence-corrected chi connectivity index (χ3v) is 5.82. The molecule has 1 aliphatic rings. The van der Waals surface area contributed by atoms with E-state index in [4.69, 9.17) is 0 Å². The van der Waals surface area contributed by atoms with Crippen molar-refractivity contribution in [3.8, 4) is 0 Å². The minimum absolute atomic E-state index is 0.0556. The van der Waals surface area contributed by atoms with Crippen LogP contribution in [-0.4, -0.2) is 41.3 Å². The molecule has 0 unspecified atom stereocenters. The van der Waals surface area contributed by atoms with Crippen LogP contribution < -0.4 is 10.2 Å². The molecule has 1 saturated heterocycles. The highest BCUT2D eigenvalue weighted by atomic mass is 32.2. The van der Waals surface area contributed by atoms with Gasteiger partial charge in [0, 0.05) is 25.7 Å². The number of benzene rings is 1. The first-order valence-electron chi connectivity index (χ1n) is 9.71. The molecule has 2 aromatic rings. The fourth-order valence-corrected chi connectivity index (χ4v) is 3.87. The minimum Gasteiger partial charge on any atom is -0.356 e. The Morgan fingerprint density at radius 2 is 2.00 bits per heavy atom. The van der Waals surface area contributed by atoms with E-state index in [0.29, 0.717) is 12.3 Å². The average molecular weight is 385 g/mol. The van der Waals surface area contributed by atoms with Gasteiger partial charge in [-0.1, -0.05) is 49.0 Å². The van der Waals surface area contributed by atoms with Crippen LogP contribution in [0.1, 0.15) is 31.7 Å². The van der Waals surface area contributed by atoms with E-state index < -0.39 is 0 Å². The Bertz CT molecular complexity index is 717. The third-order valence-electron chi connectivity index (χ3n) is 4.89. The van der Waals surface area contributed by atoms with Crippen LogP contribution in [0.3, 0.4) is 0 Å². The molecule has 1 fully saturated rings. The number of hydrogen-bond donors (Lipinski definition) is 1. The van der Waals surface area contributed by atoms with Crippen LogP contribution in [0.25, 0.3) is 0 Å². The van der Waals surface area contributed by atoms with Crippen molar-refractivity contribution < 1.29 is 4.79 Å². The molecule has 27 heavy (non-hydrogen) atoms. The fourth-order valence-electron chi connectivity index (χ4n) is 3.17. The number of rotatable bonds is 8. The van der Waals surface area contributed by atoms with Gasteiger partial charge in [-0.05, 0) is 37.2 Å². The molecule has 1 aromatic carbocycles. The first kappa shape index (κ1) is 19.7. The van der Waals surface area contributed by atoms with Gasteiger partial charge < -0.3 is 10.2 Å². The summed E-state index contributed by atoms with van der Waals surface area (Å²) in [6.45, 7) is 5.10. The van der Waals surface area contributed by atoms with Crippen molar-refractivity contribution in [2.45, 2.75) is 37.6 Å². The van der Waals surface area contributed by atoms with Gasteiger partial charge in [0.1, 0.15) is 17.2 Å². The zero-order chi connectivity index (χ0) is 18.9. The quantitative estimate of drug-likeness (QED) is 0.428. The molecule has 3 rings (SSSR count). The van der Waals surface area contributed by atoms with Gasteiger partial charge in [0.2, 0.25) is 5.91 Å². The van der Waals surface area contributed by atoms with Crippen LogP contribution in [-0.2, 0) is 11.2 Å². The van der Waals surface area contributed by atoms with Gasteiger partial charge in [-0.25, -0.2) is 9.97 Å². The number of nitrogens with zero attached hydrogens (tertiary/aromatic N) is 3. The zero-order valence-electron chi connectivity index (χ0n) is 15.9. The first-order valence-corrected chi connectivity index (χ1v) is 10.7. The summed E-state index contributed by atoms with van der Waals surface area (Å²) in [6, 6.07) is 12.4. The molecule has 0 spiro atoms. The summed E-state index contributed by atoms with van der Waals surface area (Å²) in [4.78, 5) is 23.1. The number of anilines is 1. The molecular weight excluding hydrogens is 356 g/mol. The lowest BCUT2D eigenvalue weighted by Crippen LogP contribution is -2.33. The number of aromatic nitrogens is 2. The summed E-state index contributed by atoms with van der Waals surface area (Å²) in [6.07, 6.45) is 5.95. The van der Waals surface area contributed by atoms with Crippen LogP contribution >= 0.6 is 11.8 Å².